The van der Waals surface area contributed by atoms with Crippen LogP contribution in [-0.2, 0) is 13.6 Å². The molecule has 0 aliphatic heterocycles. The first-order valence-corrected chi connectivity index (χ1v) is 8.43. The van der Waals surface area contributed by atoms with Gasteiger partial charge < -0.3 is 13.5 Å². The Labute approximate surface area is 115 Å². The molecule has 0 radical (unpaired) electrons. The molecule has 0 amide bonds. The van der Waals surface area contributed by atoms with Gasteiger partial charge in [-0.1, -0.05) is 26.7 Å². The fraction of sp³-hybridized carbons (Fsp3) is 0.571. The number of hydrogen-bond donors (Lipinski definition) is 0. The number of unbranched alkanes of at least 4 members (excludes halogenated alkanes) is 2. The van der Waals surface area contributed by atoms with E-state index < -0.39 is 7.60 Å². The zero-order valence-corrected chi connectivity index (χ0v) is 12.6. The van der Waals surface area contributed by atoms with Gasteiger partial charge in [0, 0.05) is 5.82 Å². The maximum Gasteiger partial charge on any atom is 0.354 e. The van der Waals surface area contributed by atoms with E-state index >= 15 is 0 Å². The summed E-state index contributed by atoms with van der Waals surface area (Å²) in [7, 11) is -3.16. The summed E-state index contributed by atoms with van der Waals surface area (Å²) in [6, 6.07) is 3.57. The molecule has 0 aliphatic carbocycles. The van der Waals surface area contributed by atoms with Crippen LogP contribution in [0.4, 0.5) is 0 Å². The van der Waals surface area contributed by atoms with Crippen LogP contribution in [0.2, 0.25) is 0 Å². The van der Waals surface area contributed by atoms with Crippen molar-refractivity contribution in [1.29, 1.82) is 0 Å². The van der Waals surface area contributed by atoms with Crippen molar-refractivity contribution < 1.29 is 18.0 Å². The number of hydrogen-bond acceptors (Lipinski definition) is 4. The van der Waals surface area contributed by atoms with Crippen molar-refractivity contribution in [3.8, 4) is 0 Å². The third-order valence-corrected chi connectivity index (χ3v) is 4.10. The lowest BCUT2D eigenvalue weighted by molar-refractivity contribution is 0.208. The zero-order valence-electron chi connectivity index (χ0n) is 11.7. The van der Waals surface area contributed by atoms with E-state index in [1.807, 2.05) is 0 Å². The number of furan rings is 1. The molecule has 108 valence electrons. The van der Waals surface area contributed by atoms with Gasteiger partial charge in [-0.05, 0) is 31.1 Å². The van der Waals surface area contributed by atoms with E-state index in [4.69, 9.17) is 13.5 Å². The average molecular weight is 286 g/mol. The summed E-state index contributed by atoms with van der Waals surface area (Å²) in [5.41, 5.74) is 0. The molecular weight excluding hydrogens is 263 g/mol. The highest BCUT2D eigenvalue weighted by atomic mass is 31.2. The zero-order chi connectivity index (χ0) is 14.0. The SMILES string of the molecule is CCCCOP(=O)(C=Cc1ccco1)OCCCC. The average Bonchev–Trinajstić information content (AvgIpc) is 2.91. The highest BCUT2D eigenvalue weighted by molar-refractivity contribution is 7.57. The predicted octanol–water partition coefficient (Wildman–Crippen LogP) is 5.08. The van der Waals surface area contributed by atoms with Crippen LogP contribution in [0.15, 0.2) is 28.6 Å². The minimum absolute atomic E-state index is 0.447. The van der Waals surface area contributed by atoms with Crippen LogP contribution in [0.1, 0.15) is 45.3 Å². The molecule has 0 fully saturated rings. The van der Waals surface area contributed by atoms with Gasteiger partial charge in [-0.25, -0.2) is 0 Å². The fourth-order valence-electron chi connectivity index (χ4n) is 1.35. The summed E-state index contributed by atoms with van der Waals surface area (Å²) in [6.45, 7) is 5.01. The van der Waals surface area contributed by atoms with Gasteiger partial charge in [-0.3, -0.25) is 4.57 Å². The van der Waals surface area contributed by atoms with Gasteiger partial charge in [0.15, 0.2) is 0 Å². The first-order chi connectivity index (χ1) is 9.20. The molecule has 0 spiro atoms. The van der Waals surface area contributed by atoms with Gasteiger partial charge >= 0.3 is 7.60 Å². The molecule has 1 heterocycles. The lowest BCUT2D eigenvalue weighted by Gasteiger charge is -2.14. The summed E-state index contributed by atoms with van der Waals surface area (Å²) in [4.78, 5) is 0. The largest absolute Gasteiger partial charge is 0.465 e. The van der Waals surface area contributed by atoms with Gasteiger partial charge in [-0.15, -0.1) is 0 Å². The lowest BCUT2D eigenvalue weighted by atomic mass is 10.4. The standard InChI is InChI=1S/C14H23O4P/c1-3-5-11-17-19(15,18-12-6-4-2)13-9-14-8-7-10-16-14/h7-10,13H,3-6,11-12H2,1-2H3. The smallest absolute Gasteiger partial charge is 0.354 e. The van der Waals surface area contributed by atoms with Gasteiger partial charge in [-0.2, -0.15) is 0 Å². The molecule has 4 nitrogen and oxygen atoms in total. The molecule has 1 aromatic heterocycles. The van der Waals surface area contributed by atoms with Crippen molar-refractivity contribution in [3.05, 3.63) is 30.0 Å². The minimum atomic E-state index is -3.16. The predicted molar refractivity (Wildman–Crippen MR) is 77.1 cm³/mol. The summed E-state index contributed by atoms with van der Waals surface area (Å²) < 4.78 is 28.5. The summed E-state index contributed by atoms with van der Waals surface area (Å²) in [5, 5.41) is 0. The molecule has 5 heteroatoms. The molecule has 0 aliphatic rings. The Bertz CT molecular complexity index is 384. The highest BCUT2D eigenvalue weighted by Gasteiger charge is 2.20. The van der Waals surface area contributed by atoms with E-state index in [2.05, 4.69) is 13.8 Å². The molecule has 0 atom stereocenters. The van der Waals surface area contributed by atoms with E-state index in [1.165, 1.54) is 5.82 Å². The Hall–Kier alpha value is -0.830. The maximum atomic E-state index is 12.5. The van der Waals surface area contributed by atoms with Crippen LogP contribution in [0.25, 0.3) is 6.08 Å². The van der Waals surface area contributed by atoms with E-state index in [0.717, 1.165) is 25.7 Å². The quantitative estimate of drug-likeness (QED) is 0.444. The van der Waals surface area contributed by atoms with E-state index in [9.17, 15) is 4.57 Å². The minimum Gasteiger partial charge on any atom is -0.465 e. The van der Waals surface area contributed by atoms with Crippen LogP contribution < -0.4 is 0 Å². The highest BCUT2D eigenvalue weighted by Crippen LogP contribution is 2.50. The van der Waals surface area contributed by atoms with Gasteiger partial charge in [0.2, 0.25) is 0 Å². The first-order valence-electron chi connectivity index (χ1n) is 6.81. The second-order valence-electron chi connectivity index (χ2n) is 4.24. The van der Waals surface area contributed by atoms with Crippen LogP contribution >= 0.6 is 7.60 Å². The summed E-state index contributed by atoms with van der Waals surface area (Å²) >= 11 is 0. The molecular formula is C14H23O4P. The van der Waals surface area contributed by atoms with Gasteiger partial charge in [0.05, 0.1) is 19.5 Å². The van der Waals surface area contributed by atoms with Crippen LogP contribution in [0.5, 0.6) is 0 Å². The second-order valence-corrected chi connectivity index (χ2v) is 6.14. The molecule has 0 bridgehead atoms. The normalized spacial score (nSPS) is 12.3. The molecule has 1 rings (SSSR count). The molecule has 19 heavy (non-hydrogen) atoms. The van der Waals surface area contributed by atoms with Crippen LogP contribution in [-0.4, -0.2) is 13.2 Å². The molecule has 1 aromatic rings. The van der Waals surface area contributed by atoms with Crippen molar-refractivity contribution in [2.75, 3.05) is 13.2 Å². The molecule has 0 aromatic carbocycles. The molecule has 0 unspecified atom stereocenters. The monoisotopic (exact) mass is 286 g/mol. The Morgan fingerprint density at radius 1 is 1.21 bits per heavy atom. The number of rotatable bonds is 10. The van der Waals surface area contributed by atoms with Crippen molar-refractivity contribution in [3.63, 3.8) is 0 Å². The molecule has 0 saturated heterocycles. The Morgan fingerprint density at radius 2 is 1.84 bits per heavy atom. The molecule has 0 saturated carbocycles. The Morgan fingerprint density at radius 3 is 2.32 bits per heavy atom. The lowest BCUT2D eigenvalue weighted by Crippen LogP contribution is -1.97. The van der Waals surface area contributed by atoms with Gasteiger partial charge in [0.1, 0.15) is 5.76 Å². The van der Waals surface area contributed by atoms with Crippen molar-refractivity contribution in [2.24, 2.45) is 0 Å². The third kappa shape index (κ3) is 6.76. The van der Waals surface area contributed by atoms with E-state index in [1.54, 1.807) is 24.5 Å². The topological polar surface area (TPSA) is 48.7 Å². The van der Waals surface area contributed by atoms with Crippen molar-refractivity contribution in [2.45, 2.75) is 39.5 Å². The Kier molecular flexibility index (Phi) is 7.80. The van der Waals surface area contributed by atoms with Crippen LogP contribution in [0.3, 0.4) is 0 Å². The summed E-state index contributed by atoms with van der Waals surface area (Å²) in [6.07, 6.45) is 6.94. The van der Waals surface area contributed by atoms with Gasteiger partial charge in [0.25, 0.3) is 0 Å². The maximum absolute atomic E-state index is 12.5. The fourth-order valence-corrected chi connectivity index (χ4v) is 2.69. The van der Waals surface area contributed by atoms with E-state index in [-0.39, 0.29) is 0 Å². The Balaban J connectivity index is 2.59. The van der Waals surface area contributed by atoms with Crippen LogP contribution in [0, 0.1) is 0 Å². The first kappa shape index (κ1) is 16.2. The van der Waals surface area contributed by atoms with E-state index in [0.29, 0.717) is 19.0 Å². The van der Waals surface area contributed by atoms with Crippen molar-refractivity contribution >= 4 is 13.7 Å². The third-order valence-electron chi connectivity index (χ3n) is 2.50. The van der Waals surface area contributed by atoms with Crippen molar-refractivity contribution in [1.82, 2.24) is 0 Å². The molecule has 0 N–H and O–H groups in total. The second kappa shape index (κ2) is 9.13. The summed E-state index contributed by atoms with van der Waals surface area (Å²) in [5.74, 6) is 2.12.